The Morgan fingerprint density at radius 1 is 1.22 bits per heavy atom. The molecule has 0 bridgehead atoms. The first-order valence-corrected chi connectivity index (χ1v) is 10.9. The second-order valence-corrected chi connectivity index (χ2v) is 8.41. The van der Waals surface area contributed by atoms with Crippen molar-refractivity contribution in [2.24, 2.45) is 0 Å². The molecule has 1 atom stereocenters. The number of likely N-dealkylation sites (tertiary alicyclic amines) is 1. The summed E-state index contributed by atoms with van der Waals surface area (Å²) in [4.78, 5) is 18.3. The maximum absolute atomic E-state index is 13.1. The number of hydrogen-bond acceptors (Lipinski definition) is 4. The number of halogens is 1. The van der Waals surface area contributed by atoms with E-state index in [9.17, 15) is 14.3 Å². The van der Waals surface area contributed by atoms with Crippen molar-refractivity contribution in [2.75, 3.05) is 13.1 Å². The monoisotopic (exact) mass is 434 g/mol. The number of nitrogens with zero attached hydrogens (tertiary/aromatic N) is 2. The molecule has 0 spiro atoms. The molecule has 3 aromatic rings. The van der Waals surface area contributed by atoms with Gasteiger partial charge in [-0.25, -0.2) is 9.37 Å². The maximum Gasteiger partial charge on any atom is 0.272 e. The molecule has 1 aromatic heterocycles. The van der Waals surface area contributed by atoms with Gasteiger partial charge in [0.1, 0.15) is 23.0 Å². The molecule has 32 heavy (non-hydrogen) atoms. The molecule has 5 nitrogen and oxygen atoms in total. The van der Waals surface area contributed by atoms with Crippen molar-refractivity contribution in [1.82, 2.24) is 9.88 Å². The molecule has 0 aliphatic carbocycles. The average molecular weight is 435 g/mol. The van der Waals surface area contributed by atoms with Crippen molar-refractivity contribution < 1.29 is 19.0 Å². The predicted molar refractivity (Wildman–Crippen MR) is 120 cm³/mol. The highest BCUT2D eigenvalue weighted by Gasteiger charge is 2.30. The van der Waals surface area contributed by atoms with Crippen LogP contribution in [0.4, 0.5) is 4.39 Å². The summed E-state index contributed by atoms with van der Waals surface area (Å²) in [6.07, 6.45) is 1.84. The second kappa shape index (κ2) is 9.49. The van der Waals surface area contributed by atoms with Crippen LogP contribution in [-0.4, -0.2) is 34.0 Å². The van der Waals surface area contributed by atoms with E-state index >= 15 is 0 Å². The van der Waals surface area contributed by atoms with Crippen LogP contribution in [0.15, 0.2) is 60.8 Å². The SMILES string of the molecule is CC(C)c1ccccc1Oc1ccc(C2CCN(C(=O)c3ccc(F)cn3)C2)c(CO)c1. The van der Waals surface area contributed by atoms with Crippen molar-refractivity contribution in [2.45, 2.75) is 38.7 Å². The van der Waals surface area contributed by atoms with E-state index in [1.54, 1.807) is 4.90 Å². The first-order chi connectivity index (χ1) is 15.5. The summed E-state index contributed by atoms with van der Waals surface area (Å²) in [5.41, 5.74) is 3.17. The Balaban J connectivity index is 1.50. The van der Waals surface area contributed by atoms with E-state index < -0.39 is 5.82 Å². The molecule has 0 saturated carbocycles. The van der Waals surface area contributed by atoms with Crippen LogP contribution in [0.1, 0.15) is 59.3 Å². The minimum atomic E-state index is -0.466. The lowest BCUT2D eigenvalue weighted by Gasteiger charge is -2.19. The van der Waals surface area contributed by atoms with E-state index in [1.165, 1.54) is 12.1 Å². The van der Waals surface area contributed by atoms with E-state index in [-0.39, 0.29) is 24.1 Å². The number of aliphatic hydroxyl groups excluding tert-OH is 1. The van der Waals surface area contributed by atoms with Crippen LogP contribution >= 0.6 is 0 Å². The van der Waals surface area contributed by atoms with Crippen molar-refractivity contribution in [1.29, 1.82) is 0 Å². The van der Waals surface area contributed by atoms with E-state index in [0.717, 1.165) is 35.1 Å². The molecule has 1 saturated heterocycles. The lowest BCUT2D eigenvalue weighted by Crippen LogP contribution is -2.29. The van der Waals surface area contributed by atoms with Crippen molar-refractivity contribution >= 4 is 5.91 Å². The van der Waals surface area contributed by atoms with E-state index in [2.05, 4.69) is 24.9 Å². The number of hydrogen-bond donors (Lipinski definition) is 1. The van der Waals surface area contributed by atoms with Crippen molar-refractivity contribution in [3.05, 3.63) is 89.0 Å². The highest BCUT2D eigenvalue weighted by atomic mass is 19.1. The molecular weight excluding hydrogens is 407 g/mol. The molecular formula is C26H27FN2O3. The predicted octanol–water partition coefficient (Wildman–Crippen LogP) is 5.26. The van der Waals surface area contributed by atoms with Crippen LogP contribution in [-0.2, 0) is 6.61 Å². The molecule has 1 unspecified atom stereocenters. The number of aromatic nitrogens is 1. The van der Waals surface area contributed by atoms with Crippen LogP contribution in [0.25, 0.3) is 0 Å². The summed E-state index contributed by atoms with van der Waals surface area (Å²) in [6, 6.07) is 16.4. The summed E-state index contributed by atoms with van der Waals surface area (Å²) in [6.45, 7) is 5.26. The molecule has 166 valence electrons. The molecule has 1 N–H and O–H groups in total. The number of amides is 1. The minimum absolute atomic E-state index is 0.109. The topological polar surface area (TPSA) is 62.7 Å². The Kier molecular flexibility index (Phi) is 6.51. The fourth-order valence-corrected chi connectivity index (χ4v) is 4.22. The Morgan fingerprint density at radius 3 is 2.75 bits per heavy atom. The standard InChI is InChI=1S/C26H27FN2O3/c1-17(2)22-5-3-4-6-25(22)32-21-8-9-23(19(13-21)16-30)18-11-12-29(15-18)26(31)24-10-7-20(27)14-28-24/h3-10,13-14,17-18,30H,11-12,15-16H2,1-2H3. The van der Waals surface area contributed by atoms with Crippen LogP contribution < -0.4 is 4.74 Å². The lowest BCUT2D eigenvalue weighted by atomic mass is 9.93. The van der Waals surface area contributed by atoms with Crippen molar-refractivity contribution in [3.8, 4) is 11.5 Å². The zero-order valence-corrected chi connectivity index (χ0v) is 18.3. The molecule has 4 rings (SSSR count). The molecule has 0 radical (unpaired) electrons. The minimum Gasteiger partial charge on any atom is -0.457 e. The third-order valence-corrected chi connectivity index (χ3v) is 5.92. The van der Waals surface area contributed by atoms with E-state index in [4.69, 9.17) is 4.74 Å². The molecule has 2 heterocycles. The lowest BCUT2D eigenvalue weighted by molar-refractivity contribution is 0.0785. The molecule has 1 aliphatic rings. The Hall–Kier alpha value is -3.25. The number of benzene rings is 2. The maximum atomic E-state index is 13.1. The van der Waals surface area contributed by atoms with E-state index in [1.807, 2.05) is 36.4 Å². The number of rotatable bonds is 6. The average Bonchev–Trinajstić information content (AvgIpc) is 3.29. The second-order valence-electron chi connectivity index (χ2n) is 8.41. The Labute approximate surface area is 187 Å². The molecule has 6 heteroatoms. The number of ether oxygens (including phenoxy) is 1. The Bertz CT molecular complexity index is 1100. The van der Waals surface area contributed by atoms with Gasteiger partial charge in [-0.3, -0.25) is 4.79 Å². The summed E-state index contributed by atoms with van der Waals surface area (Å²) >= 11 is 0. The van der Waals surface area contributed by atoms with Crippen LogP contribution in [0.5, 0.6) is 11.5 Å². The van der Waals surface area contributed by atoms with E-state index in [0.29, 0.717) is 24.8 Å². The van der Waals surface area contributed by atoms with Gasteiger partial charge >= 0.3 is 0 Å². The van der Waals surface area contributed by atoms with Gasteiger partial charge in [-0.1, -0.05) is 38.1 Å². The normalized spacial score (nSPS) is 15.9. The number of aliphatic hydroxyl groups is 1. The summed E-state index contributed by atoms with van der Waals surface area (Å²) in [7, 11) is 0. The van der Waals surface area contributed by atoms with Gasteiger partial charge in [-0.15, -0.1) is 0 Å². The van der Waals surface area contributed by atoms with Gasteiger partial charge in [-0.2, -0.15) is 0 Å². The van der Waals surface area contributed by atoms with Gasteiger partial charge < -0.3 is 14.7 Å². The smallest absolute Gasteiger partial charge is 0.272 e. The van der Waals surface area contributed by atoms with Gasteiger partial charge in [-0.05, 0) is 59.4 Å². The van der Waals surface area contributed by atoms with Gasteiger partial charge in [0.2, 0.25) is 0 Å². The number of carbonyl (C=O) groups is 1. The van der Waals surface area contributed by atoms with Gasteiger partial charge in [0.15, 0.2) is 0 Å². The van der Waals surface area contributed by atoms with Crippen molar-refractivity contribution in [3.63, 3.8) is 0 Å². The van der Waals surface area contributed by atoms with Crippen LogP contribution in [0.2, 0.25) is 0 Å². The molecule has 2 aromatic carbocycles. The quantitative estimate of drug-likeness (QED) is 0.575. The van der Waals surface area contributed by atoms with Gasteiger partial charge in [0, 0.05) is 19.0 Å². The fraction of sp³-hybridized carbons (Fsp3) is 0.308. The number of para-hydroxylation sites is 1. The molecule has 1 fully saturated rings. The number of pyridine rings is 1. The first-order valence-electron chi connectivity index (χ1n) is 10.9. The van der Waals surface area contributed by atoms with Crippen LogP contribution in [0, 0.1) is 5.82 Å². The summed E-state index contributed by atoms with van der Waals surface area (Å²) < 4.78 is 19.2. The third-order valence-electron chi connectivity index (χ3n) is 5.92. The fourth-order valence-electron chi connectivity index (χ4n) is 4.22. The summed E-state index contributed by atoms with van der Waals surface area (Å²) in [5.74, 6) is 1.25. The third kappa shape index (κ3) is 4.65. The van der Waals surface area contributed by atoms with Crippen LogP contribution in [0.3, 0.4) is 0 Å². The Morgan fingerprint density at radius 2 is 2.03 bits per heavy atom. The molecule has 1 aliphatic heterocycles. The molecule has 1 amide bonds. The summed E-state index contributed by atoms with van der Waals surface area (Å²) in [5, 5.41) is 10.0. The zero-order chi connectivity index (χ0) is 22.7. The van der Waals surface area contributed by atoms with Gasteiger partial charge in [0.05, 0.1) is 12.8 Å². The highest BCUT2D eigenvalue weighted by molar-refractivity contribution is 5.92. The number of carbonyl (C=O) groups excluding carboxylic acids is 1. The largest absolute Gasteiger partial charge is 0.457 e. The zero-order valence-electron chi connectivity index (χ0n) is 18.3. The first kappa shape index (κ1) is 22.0. The van der Waals surface area contributed by atoms with Gasteiger partial charge in [0.25, 0.3) is 5.91 Å². The highest BCUT2D eigenvalue weighted by Crippen LogP contribution is 2.35.